The Balaban J connectivity index is 1.92. The second kappa shape index (κ2) is 7.80. The first-order valence-electron chi connectivity index (χ1n) is 7.39. The highest BCUT2D eigenvalue weighted by Gasteiger charge is 2.23. The highest BCUT2D eigenvalue weighted by Crippen LogP contribution is 2.15. The van der Waals surface area contributed by atoms with Gasteiger partial charge >= 0.3 is 0 Å². The van der Waals surface area contributed by atoms with Crippen LogP contribution in [-0.2, 0) is 11.3 Å². The van der Waals surface area contributed by atoms with Gasteiger partial charge in [0.05, 0.1) is 5.25 Å². The fourth-order valence-electron chi connectivity index (χ4n) is 2.57. The Kier molecular flexibility index (Phi) is 6.06. The Bertz CT molecular complexity index is 483. The Morgan fingerprint density at radius 1 is 1.29 bits per heavy atom. The number of hydrogen-bond acceptors (Lipinski definition) is 3. The van der Waals surface area contributed by atoms with Gasteiger partial charge in [0.25, 0.3) is 0 Å². The number of carbonyl (C=O) groups is 1. The average molecular weight is 310 g/mol. The SMILES string of the molecule is CSC(C)C(=O)N1CCCN(Cc2ccccc2F)CC1. The zero-order valence-electron chi connectivity index (χ0n) is 12.7. The lowest BCUT2D eigenvalue weighted by atomic mass is 10.2. The molecule has 1 amide bonds. The van der Waals surface area contributed by atoms with Gasteiger partial charge in [-0.1, -0.05) is 18.2 Å². The van der Waals surface area contributed by atoms with Gasteiger partial charge in [-0.15, -0.1) is 0 Å². The molecular formula is C16H23FN2OS. The van der Waals surface area contributed by atoms with Crippen LogP contribution in [0.15, 0.2) is 24.3 Å². The standard InChI is InChI=1S/C16H23FN2OS/c1-13(21-2)16(20)19-9-5-8-18(10-11-19)12-14-6-3-4-7-15(14)17/h3-4,6-7,13H,5,8-12H2,1-2H3. The molecule has 1 saturated heterocycles. The Morgan fingerprint density at radius 2 is 2.05 bits per heavy atom. The molecule has 0 aromatic heterocycles. The van der Waals surface area contributed by atoms with E-state index in [1.165, 1.54) is 6.07 Å². The molecule has 0 aliphatic carbocycles. The van der Waals surface area contributed by atoms with Crippen molar-refractivity contribution in [3.8, 4) is 0 Å². The summed E-state index contributed by atoms with van der Waals surface area (Å²) in [6, 6.07) is 6.92. The summed E-state index contributed by atoms with van der Waals surface area (Å²) in [4.78, 5) is 16.4. The second-order valence-corrected chi connectivity index (χ2v) is 6.60. The summed E-state index contributed by atoms with van der Waals surface area (Å²) in [5, 5.41) is 0.0168. The normalized spacial score (nSPS) is 18.3. The molecule has 1 atom stereocenters. The van der Waals surface area contributed by atoms with Crippen molar-refractivity contribution in [1.82, 2.24) is 9.80 Å². The van der Waals surface area contributed by atoms with Gasteiger partial charge in [-0.2, -0.15) is 11.8 Å². The molecule has 116 valence electrons. The fourth-order valence-corrected chi connectivity index (χ4v) is 2.93. The van der Waals surface area contributed by atoms with Crippen molar-refractivity contribution in [3.63, 3.8) is 0 Å². The van der Waals surface area contributed by atoms with Crippen LogP contribution in [0.5, 0.6) is 0 Å². The van der Waals surface area contributed by atoms with Crippen LogP contribution in [0.3, 0.4) is 0 Å². The van der Waals surface area contributed by atoms with E-state index in [1.54, 1.807) is 17.8 Å². The molecule has 0 saturated carbocycles. The first kappa shape index (κ1) is 16.3. The van der Waals surface area contributed by atoms with E-state index >= 15 is 0 Å². The summed E-state index contributed by atoms with van der Waals surface area (Å²) in [6.45, 7) is 5.82. The molecule has 1 aromatic rings. The minimum atomic E-state index is -0.148. The van der Waals surface area contributed by atoms with E-state index in [0.29, 0.717) is 6.54 Å². The number of amides is 1. The third-order valence-electron chi connectivity index (χ3n) is 3.95. The maximum atomic E-state index is 13.7. The minimum absolute atomic E-state index is 0.0168. The van der Waals surface area contributed by atoms with Crippen LogP contribution in [0.4, 0.5) is 4.39 Å². The summed E-state index contributed by atoms with van der Waals surface area (Å²) in [7, 11) is 0. The van der Waals surface area contributed by atoms with Crippen molar-refractivity contribution in [2.45, 2.75) is 25.1 Å². The summed E-state index contributed by atoms with van der Waals surface area (Å²) >= 11 is 1.58. The van der Waals surface area contributed by atoms with Crippen molar-refractivity contribution < 1.29 is 9.18 Å². The number of nitrogens with zero attached hydrogens (tertiary/aromatic N) is 2. The number of halogens is 1. The van der Waals surface area contributed by atoms with E-state index in [9.17, 15) is 9.18 Å². The fraction of sp³-hybridized carbons (Fsp3) is 0.562. The molecule has 2 rings (SSSR count). The topological polar surface area (TPSA) is 23.6 Å². The van der Waals surface area contributed by atoms with Gasteiger partial charge in [-0.05, 0) is 25.7 Å². The smallest absolute Gasteiger partial charge is 0.235 e. The van der Waals surface area contributed by atoms with Crippen molar-refractivity contribution in [3.05, 3.63) is 35.6 Å². The number of thioether (sulfide) groups is 1. The number of rotatable bonds is 4. The first-order chi connectivity index (χ1) is 10.1. The maximum absolute atomic E-state index is 13.7. The molecule has 3 nitrogen and oxygen atoms in total. The Morgan fingerprint density at radius 3 is 2.76 bits per heavy atom. The summed E-state index contributed by atoms with van der Waals surface area (Å²) in [5.41, 5.74) is 0.731. The molecule has 1 aliphatic rings. The van der Waals surface area contributed by atoms with E-state index in [-0.39, 0.29) is 17.0 Å². The van der Waals surface area contributed by atoms with Gasteiger partial charge in [-0.3, -0.25) is 9.69 Å². The lowest BCUT2D eigenvalue weighted by Crippen LogP contribution is -2.39. The summed E-state index contributed by atoms with van der Waals surface area (Å²) in [5.74, 6) is 0.0703. The molecule has 5 heteroatoms. The van der Waals surface area contributed by atoms with Gasteiger partial charge in [-0.25, -0.2) is 4.39 Å². The predicted molar refractivity (Wildman–Crippen MR) is 85.9 cm³/mol. The molecule has 1 fully saturated rings. The molecule has 21 heavy (non-hydrogen) atoms. The number of carbonyl (C=O) groups excluding carboxylic acids is 1. The van der Waals surface area contributed by atoms with Gasteiger partial charge in [0, 0.05) is 38.3 Å². The quantitative estimate of drug-likeness (QED) is 0.854. The van der Waals surface area contributed by atoms with E-state index in [4.69, 9.17) is 0 Å². The third kappa shape index (κ3) is 4.45. The molecule has 0 bridgehead atoms. The van der Waals surface area contributed by atoms with Gasteiger partial charge < -0.3 is 4.90 Å². The maximum Gasteiger partial charge on any atom is 0.235 e. The second-order valence-electron chi connectivity index (χ2n) is 5.42. The highest BCUT2D eigenvalue weighted by molar-refractivity contribution is 7.99. The Labute approximate surface area is 130 Å². The monoisotopic (exact) mass is 310 g/mol. The molecule has 1 aromatic carbocycles. The molecular weight excluding hydrogens is 287 g/mol. The third-order valence-corrected chi connectivity index (χ3v) is 4.86. The van der Waals surface area contributed by atoms with E-state index in [2.05, 4.69) is 4.90 Å². The molecule has 0 N–H and O–H groups in total. The first-order valence-corrected chi connectivity index (χ1v) is 8.68. The van der Waals surface area contributed by atoms with Crippen LogP contribution in [0.2, 0.25) is 0 Å². The zero-order chi connectivity index (χ0) is 15.2. The lowest BCUT2D eigenvalue weighted by molar-refractivity contribution is -0.130. The molecule has 0 radical (unpaired) electrons. The van der Waals surface area contributed by atoms with E-state index < -0.39 is 0 Å². The van der Waals surface area contributed by atoms with Crippen LogP contribution in [0.25, 0.3) is 0 Å². The number of hydrogen-bond donors (Lipinski definition) is 0. The molecule has 1 unspecified atom stereocenters. The van der Waals surface area contributed by atoms with Crippen molar-refractivity contribution >= 4 is 17.7 Å². The summed E-state index contributed by atoms with van der Waals surface area (Å²) in [6.07, 6.45) is 2.91. The summed E-state index contributed by atoms with van der Waals surface area (Å²) < 4.78 is 13.7. The highest BCUT2D eigenvalue weighted by atomic mass is 32.2. The van der Waals surface area contributed by atoms with Gasteiger partial charge in [0.2, 0.25) is 5.91 Å². The largest absolute Gasteiger partial charge is 0.340 e. The van der Waals surface area contributed by atoms with Gasteiger partial charge in [0.15, 0.2) is 0 Å². The zero-order valence-corrected chi connectivity index (χ0v) is 13.5. The van der Waals surface area contributed by atoms with E-state index in [1.807, 2.05) is 30.2 Å². The molecule has 1 heterocycles. The molecule has 0 spiro atoms. The molecule has 1 aliphatic heterocycles. The van der Waals surface area contributed by atoms with Crippen LogP contribution >= 0.6 is 11.8 Å². The minimum Gasteiger partial charge on any atom is -0.340 e. The van der Waals surface area contributed by atoms with Crippen LogP contribution in [0, 0.1) is 5.82 Å². The number of benzene rings is 1. The van der Waals surface area contributed by atoms with Crippen molar-refractivity contribution in [2.75, 3.05) is 32.4 Å². The van der Waals surface area contributed by atoms with E-state index in [0.717, 1.165) is 38.2 Å². The predicted octanol–water partition coefficient (Wildman–Crippen LogP) is 2.61. The average Bonchev–Trinajstić information content (AvgIpc) is 2.73. The van der Waals surface area contributed by atoms with Crippen LogP contribution in [-0.4, -0.2) is 53.4 Å². The van der Waals surface area contributed by atoms with Crippen LogP contribution < -0.4 is 0 Å². The van der Waals surface area contributed by atoms with Crippen LogP contribution in [0.1, 0.15) is 18.9 Å². The van der Waals surface area contributed by atoms with Crippen molar-refractivity contribution in [1.29, 1.82) is 0 Å². The lowest BCUT2D eigenvalue weighted by Gasteiger charge is -2.24. The Hall–Kier alpha value is -1.07. The van der Waals surface area contributed by atoms with Crippen molar-refractivity contribution in [2.24, 2.45) is 0 Å². The van der Waals surface area contributed by atoms with Gasteiger partial charge in [0.1, 0.15) is 5.82 Å².